The fourth-order valence-electron chi connectivity index (χ4n) is 2.63. The molecular formula is C14H16N2. The quantitative estimate of drug-likeness (QED) is 0.786. The summed E-state index contributed by atoms with van der Waals surface area (Å²) in [6.07, 6.45) is 6.36. The molecule has 1 aromatic carbocycles. The molecule has 1 aromatic heterocycles. The van der Waals surface area contributed by atoms with Crippen LogP contribution in [0.2, 0.25) is 0 Å². The third-order valence-corrected chi connectivity index (χ3v) is 3.50. The van der Waals surface area contributed by atoms with E-state index in [1.54, 1.807) is 0 Å². The van der Waals surface area contributed by atoms with E-state index in [9.17, 15) is 0 Å². The molecule has 0 atom stereocenters. The van der Waals surface area contributed by atoms with Crippen molar-refractivity contribution in [1.29, 1.82) is 0 Å². The van der Waals surface area contributed by atoms with Gasteiger partial charge in [-0.05, 0) is 48.9 Å². The average Bonchev–Trinajstić information content (AvgIpc) is 2.39. The Morgan fingerprint density at radius 1 is 1.12 bits per heavy atom. The first-order valence-electron chi connectivity index (χ1n) is 5.98. The first-order valence-corrected chi connectivity index (χ1v) is 5.98. The van der Waals surface area contributed by atoms with Gasteiger partial charge in [-0.15, -0.1) is 0 Å². The van der Waals surface area contributed by atoms with Crippen LogP contribution in [-0.4, -0.2) is 18.1 Å². The molecule has 1 saturated heterocycles. The molecule has 2 aromatic rings. The van der Waals surface area contributed by atoms with Crippen molar-refractivity contribution in [2.45, 2.75) is 18.8 Å². The largest absolute Gasteiger partial charge is 0.317 e. The van der Waals surface area contributed by atoms with Gasteiger partial charge < -0.3 is 5.32 Å². The zero-order chi connectivity index (χ0) is 10.8. The van der Waals surface area contributed by atoms with Gasteiger partial charge in [-0.2, -0.15) is 0 Å². The van der Waals surface area contributed by atoms with Crippen LogP contribution in [0.3, 0.4) is 0 Å². The fraction of sp³-hybridized carbons (Fsp3) is 0.357. The normalized spacial score (nSPS) is 17.8. The van der Waals surface area contributed by atoms with E-state index in [2.05, 4.69) is 34.6 Å². The van der Waals surface area contributed by atoms with Gasteiger partial charge in [0.2, 0.25) is 0 Å². The minimum Gasteiger partial charge on any atom is -0.317 e. The van der Waals surface area contributed by atoms with E-state index in [1.807, 2.05) is 12.4 Å². The van der Waals surface area contributed by atoms with E-state index in [0.717, 1.165) is 13.1 Å². The number of hydrogen-bond acceptors (Lipinski definition) is 2. The Hall–Kier alpha value is -1.41. The van der Waals surface area contributed by atoms with Crippen LogP contribution >= 0.6 is 0 Å². The lowest BCUT2D eigenvalue weighted by Crippen LogP contribution is -2.26. The number of benzene rings is 1. The molecule has 16 heavy (non-hydrogen) atoms. The number of fused-ring (bicyclic) bond motifs is 1. The van der Waals surface area contributed by atoms with Gasteiger partial charge in [0, 0.05) is 17.8 Å². The minimum absolute atomic E-state index is 0.703. The summed E-state index contributed by atoms with van der Waals surface area (Å²) in [5.41, 5.74) is 1.48. The van der Waals surface area contributed by atoms with Gasteiger partial charge in [0.05, 0.1) is 0 Å². The van der Waals surface area contributed by atoms with Crippen molar-refractivity contribution in [3.05, 3.63) is 42.2 Å². The van der Waals surface area contributed by atoms with Crippen LogP contribution in [0.15, 0.2) is 36.7 Å². The molecule has 3 rings (SSSR count). The van der Waals surface area contributed by atoms with E-state index < -0.39 is 0 Å². The summed E-state index contributed by atoms with van der Waals surface area (Å²) >= 11 is 0. The second-order valence-electron chi connectivity index (χ2n) is 4.47. The number of nitrogens with zero attached hydrogens (tertiary/aromatic N) is 1. The molecule has 0 spiro atoms. The number of pyridine rings is 1. The molecule has 0 amide bonds. The highest BCUT2D eigenvalue weighted by molar-refractivity contribution is 5.85. The Kier molecular flexibility index (Phi) is 2.58. The zero-order valence-corrected chi connectivity index (χ0v) is 9.32. The summed E-state index contributed by atoms with van der Waals surface area (Å²) in [6.45, 7) is 2.28. The Morgan fingerprint density at radius 2 is 2.00 bits per heavy atom. The maximum atomic E-state index is 4.25. The predicted molar refractivity (Wildman–Crippen MR) is 66.6 cm³/mol. The molecule has 0 unspecified atom stereocenters. The van der Waals surface area contributed by atoms with Crippen LogP contribution in [0, 0.1) is 0 Å². The summed E-state index contributed by atoms with van der Waals surface area (Å²) in [7, 11) is 0. The van der Waals surface area contributed by atoms with Crippen LogP contribution < -0.4 is 5.32 Å². The molecule has 0 saturated carbocycles. The number of rotatable bonds is 1. The Balaban J connectivity index is 2.08. The molecule has 1 aliphatic rings. The van der Waals surface area contributed by atoms with E-state index in [1.165, 1.54) is 29.2 Å². The molecule has 82 valence electrons. The molecule has 1 aliphatic heterocycles. The first-order chi connectivity index (χ1) is 7.95. The van der Waals surface area contributed by atoms with Crippen molar-refractivity contribution >= 4 is 10.8 Å². The van der Waals surface area contributed by atoms with E-state index in [0.29, 0.717) is 5.92 Å². The molecule has 1 N–H and O–H groups in total. The first kappa shape index (κ1) is 9.79. The maximum Gasteiger partial charge on any atom is 0.0349 e. The number of piperidine rings is 1. The number of hydrogen-bond donors (Lipinski definition) is 1. The van der Waals surface area contributed by atoms with Gasteiger partial charge in [-0.1, -0.05) is 18.2 Å². The highest BCUT2D eigenvalue weighted by Gasteiger charge is 2.16. The molecule has 0 bridgehead atoms. The van der Waals surface area contributed by atoms with Crippen molar-refractivity contribution < 1.29 is 0 Å². The summed E-state index contributed by atoms with van der Waals surface area (Å²) in [5, 5.41) is 6.06. The SMILES string of the molecule is c1cc(C2CCNCC2)c2cnccc2c1. The molecule has 2 heterocycles. The second kappa shape index (κ2) is 4.22. The highest BCUT2D eigenvalue weighted by atomic mass is 14.9. The topological polar surface area (TPSA) is 24.9 Å². The van der Waals surface area contributed by atoms with Gasteiger partial charge in [0.15, 0.2) is 0 Å². The van der Waals surface area contributed by atoms with Crippen molar-refractivity contribution in [3.8, 4) is 0 Å². The smallest absolute Gasteiger partial charge is 0.0349 e. The van der Waals surface area contributed by atoms with Crippen LogP contribution in [0.4, 0.5) is 0 Å². The molecule has 2 heteroatoms. The van der Waals surface area contributed by atoms with Crippen molar-refractivity contribution in [2.75, 3.05) is 13.1 Å². The number of nitrogens with one attached hydrogen (secondary N) is 1. The lowest BCUT2D eigenvalue weighted by molar-refractivity contribution is 0.462. The molecule has 0 aliphatic carbocycles. The monoisotopic (exact) mass is 212 g/mol. The predicted octanol–water partition coefficient (Wildman–Crippen LogP) is 2.70. The Bertz CT molecular complexity index is 482. The summed E-state index contributed by atoms with van der Waals surface area (Å²) in [4.78, 5) is 4.25. The van der Waals surface area contributed by atoms with Gasteiger partial charge in [0.25, 0.3) is 0 Å². The summed E-state index contributed by atoms with van der Waals surface area (Å²) in [5.74, 6) is 0.703. The minimum atomic E-state index is 0.703. The fourth-order valence-corrected chi connectivity index (χ4v) is 2.63. The number of aromatic nitrogens is 1. The standard InChI is InChI=1S/C14H16N2/c1-2-11-6-9-16-10-14(11)13(3-1)12-4-7-15-8-5-12/h1-3,6,9-10,12,15H,4-5,7-8H2. The van der Waals surface area contributed by atoms with Crippen molar-refractivity contribution in [3.63, 3.8) is 0 Å². The Morgan fingerprint density at radius 3 is 2.88 bits per heavy atom. The van der Waals surface area contributed by atoms with Gasteiger partial charge in [-0.25, -0.2) is 0 Å². The van der Waals surface area contributed by atoms with Gasteiger partial charge in [0.1, 0.15) is 0 Å². The lowest BCUT2D eigenvalue weighted by Gasteiger charge is -2.24. The lowest BCUT2D eigenvalue weighted by atomic mass is 9.87. The molecule has 0 radical (unpaired) electrons. The zero-order valence-electron chi connectivity index (χ0n) is 9.32. The summed E-state index contributed by atoms with van der Waals surface area (Å²) < 4.78 is 0. The van der Waals surface area contributed by atoms with Crippen molar-refractivity contribution in [1.82, 2.24) is 10.3 Å². The molecule has 1 fully saturated rings. The second-order valence-corrected chi connectivity index (χ2v) is 4.47. The van der Waals surface area contributed by atoms with Crippen LogP contribution in [-0.2, 0) is 0 Å². The molecular weight excluding hydrogens is 196 g/mol. The van der Waals surface area contributed by atoms with Crippen molar-refractivity contribution in [2.24, 2.45) is 0 Å². The maximum absolute atomic E-state index is 4.25. The van der Waals surface area contributed by atoms with Gasteiger partial charge in [-0.3, -0.25) is 4.98 Å². The van der Waals surface area contributed by atoms with E-state index in [-0.39, 0.29) is 0 Å². The van der Waals surface area contributed by atoms with Crippen LogP contribution in [0.1, 0.15) is 24.3 Å². The van der Waals surface area contributed by atoms with E-state index in [4.69, 9.17) is 0 Å². The summed E-state index contributed by atoms with van der Waals surface area (Å²) in [6, 6.07) is 8.70. The molecule has 2 nitrogen and oxygen atoms in total. The van der Waals surface area contributed by atoms with E-state index >= 15 is 0 Å². The van der Waals surface area contributed by atoms with Gasteiger partial charge >= 0.3 is 0 Å². The van der Waals surface area contributed by atoms with Crippen LogP contribution in [0.5, 0.6) is 0 Å². The van der Waals surface area contributed by atoms with Crippen LogP contribution in [0.25, 0.3) is 10.8 Å². The highest BCUT2D eigenvalue weighted by Crippen LogP contribution is 2.30. The third-order valence-electron chi connectivity index (χ3n) is 3.50. The Labute approximate surface area is 95.7 Å². The average molecular weight is 212 g/mol. The third kappa shape index (κ3) is 1.69.